The van der Waals surface area contributed by atoms with Crippen LogP contribution in [0.4, 0.5) is 18.9 Å². The third kappa shape index (κ3) is 3.80. The van der Waals surface area contributed by atoms with E-state index in [4.69, 9.17) is 4.42 Å². The number of benzene rings is 2. The monoisotopic (exact) mass is 410 g/mol. The van der Waals surface area contributed by atoms with Gasteiger partial charge in [0, 0.05) is 17.8 Å². The molecule has 0 fully saturated rings. The first-order valence-electron chi connectivity index (χ1n) is 8.80. The Hall–Kier alpha value is -3.94. The van der Waals surface area contributed by atoms with Gasteiger partial charge >= 0.3 is 6.18 Å². The molecule has 0 radical (unpaired) electrons. The third-order valence-corrected chi connectivity index (χ3v) is 4.37. The maximum absolute atomic E-state index is 13.0. The molecule has 0 aliphatic heterocycles. The van der Waals surface area contributed by atoms with E-state index in [0.29, 0.717) is 0 Å². The lowest BCUT2D eigenvalue weighted by atomic mass is 10.1. The number of amides is 1. The number of carbonyl (C=O) groups is 1. The number of nitrogens with one attached hydrogen (secondary N) is 1. The maximum Gasteiger partial charge on any atom is 0.416 e. The number of halogens is 3. The van der Waals surface area contributed by atoms with Gasteiger partial charge < -0.3 is 9.73 Å². The van der Waals surface area contributed by atoms with Gasteiger partial charge in [0.05, 0.1) is 16.6 Å². The summed E-state index contributed by atoms with van der Waals surface area (Å²) in [6.45, 7) is 0. The summed E-state index contributed by atoms with van der Waals surface area (Å²) in [5.41, 5.74) is -0.798. The van der Waals surface area contributed by atoms with E-state index >= 15 is 0 Å². The summed E-state index contributed by atoms with van der Waals surface area (Å²) in [6.07, 6.45) is -3.07. The number of aromatic nitrogens is 1. The number of hydrogen-bond acceptors (Lipinski definition) is 4. The van der Waals surface area contributed by atoms with Crippen molar-refractivity contribution in [2.45, 2.75) is 6.18 Å². The van der Waals surface area contributed by atoms with Crippen molar-refractivity contribution in [3.63, 3.8) is 0 Å². The molecule has 2 aromatic carbocycles. The highest BCUT2D eigenvalue weighted by Gasteiger charge is 2.30. The fourth-order valence-corrected chi connectivity index (χ4v) is 2.95. The molecule has 0 aliphatic carbocycles. The third-order valence-electron chi connectivity index (χ3n) is 4.37. The van der Waals surface area contributed by atoms with Crippen LogP contribution in [0.25, 0.3) is 22.3 Å². The molecule has 1 N–H and O–H groups in total. The van der Waals surface area contributed by atoms with Crippen molar-refractivity contribution in [2.75, 3.05) is 5.32 Å². The summed E-state index contributed by atoms with van der Waals surface area (Å²) in [6, 6.07) is 15.0. The second-order valence-electron chi connectivity index (χ2n) is 6.40. The highest BCUT2D eigenvalue weighted by atomic mass is 19.4. The van der Waals surface area contributed by atoms with Gasteiger partial charge in [-0.15, -0.1) is 0 Å². The smallest absolute Gasteiger partial charge is 0.416 e. The Balaban J connectivity index is 1.81. The minimum atomic E-state index is -4.53. The van der Waals surface area contributed by atoms with Gasteiger partial charge in [0.25, 0.3) is 5.91 Å². The van der Waals surface area contributed by atoms with Crippen LogP contribution in [0.2, 0.25) is 0 Å². The molecule has 0 bridgehead atoms. The average Bonchev–Trinajstić information content (AvgIpc) is 2.74. The van der Waals surface area contributed by atoms with Crippen LogP contribution in [0.15, 0.2) is 82.1 Å². The summed E-state index contributed by atoms with van der Waals surface area (Å²) in [4.78, 5) is 28.9. The summed E-state index contributed by atoms with van der Waals surface area (Å²) in [7, 11) is 0. The Morgan fingerprint density at radius 1 is 0.967 bits per heavy atom. The highest BCUT2D eigenvalue weighted by molar-refractivity contribution is 6.06. The fourth-order valence-electron chi connectivity index (χ4n) is 2.95. The molecule has 0 spiro atoms. The molecular formula is C22H13F3N2O3. The highest BCUT2D eigenvalue weighted by Crippen LogP contribution is 2.33. The van der Waals surface area contributed by atoms with Gasteiger partial charge in [-0.3, -0.25) is 14.6 Å². The van der Waals surface area contributed by atoms with E-state index in [-0.39, 0.29) is 33.7 Å². The molecule has 0 aliphatic rings. The zero-order chi connectivity index (χ0) is 21.3. The normalized spacial score (nSPS) is 11.4. The van der Waals surface area contributed by atoms with Crippen molar-refractivity contribution in [1.29, 1.82) is 0 Å². The maximum atomic E-state index is 13.0. The van der Waals surface area contributed by atoms with Gasteiger partial charge in [-0.05, 0) is 36.4 Å². The summed E-state index contributed by atoms with van der Waals surface area (Å²) in [5, 5.41) is 2.81. The zero-order valence-corrected chi connectivity index (χ0v) is 15.2. The van der Waals surface area contributed by atoms with E-state index in [0.717, 1.165) is 18.2 Å². The van der Waals surface area contributed by atoms with Crippen LogP contribution in [0.1, 0.15) is 16.1 Å². The number of rotatable bonds is 3. The van der Waals surface area contributed by atoms with Crippen LogP contribution >= 0.6 is 0 Å². The van der Waals surface area contributed by atoms with Gasteiger partial charge in [-0.2, -0.15) is 13.2 Å². The van der Waals surface area contributed by atoms with Crippen molar-refractivity contribution < 1.29 is 22.4 Å². The Labute approximate surface area is 167 Å². The first-order chi connectivity index (χ1) is 14.3. The summed E-state index contributed by atoms with van der Waals surface area (Å²) >= 11 is 0. The summed E-state index contributed by atoms with van der Waals surface area (Å²) in [5.74, 6) is -0.562. The first kappa shape index (κ1) is 19.4. The van der Waals surface area contributed by atoms with Crippen molar-refractivity contribution in [1.82, 2.24) is 4.98 Å². The van der Waals surface area contributed by atoms with Gasteiger partial charge in [-0.25, -0.2) is 0 Å². The van der Waals surface area contributed by atoms with E-state index in [9.17, 15) is 22.8 Å². The number of hydrogen-bond donors (Lipinski definition) is 1. The molecule has 0 saturated heterocycles. The molecule has 150 valence electrons. The SMILES string of the molecule is O=C(Nc1cccc2c(=O)cc(-c3cccc(C(F)(F)F)c3)oc12)c1ccccn1. The minimum absolute atomic E-state index is 0.0434. The zero-order valence-electron chi connectivity index (χ0n) is 15.2. The number of nitrogens with zero attached hydrogens (tertiary/aromatic N) is 1. The predicted octanol–water partition coefficient (Wildman–Crippen LogP) is 5.13. The molecule has 8 heteroatoms. The minimum Gasteiger partial charge on any atom is -0.454 e. The number of anilines is 1. The Morgan fingerprint density at radius 2 is 1.77 bits per heavy atom. The van der Waals surface area contributed by atoms with E-state index in [1.807, 2.05) is 0 Å². The lowest BCUT2D eigenvalue weighted by Gasteiger charge is -2.11. The quantitative estimate of drug-likeness (QED) is 0.509. The Kier molecular flexibility index (Phi) is 4.83. The van der Waals surface area contributed by atoms with Crippen molar-refractivity contribution in [2.24, 2.45) is 0 Å². The number of para-hydroxylation sites is 1. The molecular weight excluding hydrogens is 397 g/mol. The molecule has 0 unspecified atom stereocenters. The number of carbonyl (C=O) groups excluding carboxylic acids is 1. The second kappa shape index (κ2) is 7.47. The average molecular weight is 410 g/mol. The molecule has 2 aromatic heterocycles. The van der Waals surface area contributed by atoms with E-state index < -0.39 is 23.1 Å². The predicted molar refractivity (Wildman–Crippen MR) is 105 cm³/mol. The fraction of sp³-hybridized carbons (Fsp3) is 0.0455. The van der Waals surface area contributed by atoms with Gasteiger partial charge in [0.1, 0.15) is 11.5 Å². The molecule has 4 rings (SSSR count). The van der Waals surface area contributed by atoms with E-state index in [1.165, 1.54) is 36.5 Å². The molecule has 30 heavy (non-hydrogen) atoms. The molecule has 2 heterocycles. The van der Waals surface area contributed by atoms with Crippen molar-refractivity contribution >= 4 is 22.6 Å². The Bertz CT molecular complexity index is 1300. The number of pyridine rings is 1. The van der Waals surface area contributed by atoms with Crippen molar-refractivity contribution in [3.05, 3.63) is 94.4 Å². The van der Waals surface area contributed by atoms with Crippen LogP contribution in [0, 0.1) is 0 Å². The number of fused-ring (bicyclic) bond motifs is 1. The van der Waals surface area contributed by atoms with Crippen molar-refractivity contribution in [3.8, 4) is 11.3 Å². The molecule has 5 nitrogen and oxygen atoms in total. The van der Waals surface area contributed by atoms with Gasteiger partial charge in [0.2, 0.25) is 0 Å². The molecule has 0 saturated carbocycles. The standard InChI is InChI=1S/C22H13F3N2O3/c23-22(24,25)14-6-3-5-13(11-14)19-12-18(28)15-7-4-9-16(20(15)30-19)27-21(29)17-8-1-2-10-26-17/h1-12H,(H,27,29). The lowest BCUT2D eigenvalue weighted by molar-refractivity contribution is -0.137. The topological polar surface area (TPSA) is 72.2 Å². The number of alkyl halides is 3. The lowest BCUT2D eigenvalue weighted by Crippen LogP contribution is -2.14. The van der Waals surface area contributed by atoms with E-state index in [1.54, 1.807) is 18.2 Å². The van der Waals surface area contributed by atoms with Gasteiger partial charge in [-0.1, -0.05) is 24.3 Å². The first-order valence-corrected chi connectivity index (χ1v) is 8.80. The molecule has 1 amide bonds. The van der Waals surface area contributed by atoms with Gasteiger partial charge in [0.15, 0.2) is 11.0 Å². The molecule has 0 atom stereocenters. The second-order valence-corrected chi connectivity index (χ2v) is 6.40. The van der Waals surface area contributed by atoms with Crippen LogP contribution in [-0.4, -0.2) is 10.9 Å². The van der Waals surface area contributed by atoms with Crippen LogP contribution in [0.3, 0.4) is 0 Å². The van der Waals surface area contributed by atoms with Crippen LogP contribution in [-0.2, 0) is 6.18 Å². The Morgan fingerprint density at radius 3 is 2.50 bits per heavy atom. The van der Waals surface area contributed by atoms with Crippen LogP contribution in [0.5, 0.6) is 0 Å². The van der Waals surface area contributed by atoms with Crippen LogP contribution < -0.4 is 10.7 Å². The van der Waals surface area contributed by atoms with E-state index in [2.05, 4.69) is 10.3 Å². The summed E-state index contributed by atoms with van der Waals surface area (Å²) < 4.78 is 44.9. The molecule has 4 aromatic rings. The largest absolute Gasteiger partial charge is 0.454 e.